The first-order valence-electron chi connectivity index (χ1n) is 3.67. The minimum Gasteiger partial charge on any atom is -0.579 e. The van der Waals surface area contributed by atoms with Crippen molar-refractivity contribution < 1.29 is 0 Å². The molecule has 52 valence electrons. The Hall–Kier alpha value is -0.120. The Bertz CT molecular complexity index is 92.5. The minimum atomic E-state index is 0.568. The molecule has 2 aliphatic rings. The van der Waals surface area contributed by atoms with E-state index in [4.69, 9.17) is 0 Å². The van der Waals surface area contributed by atoms with Gasteiger partial charge in [0.1, 0.15) is 0 Å². The SMILES string of the molecule is C1CCC2NN[N-]C2C1. The Morgan fingerprint density at radius 2 is 2.11 bits per heavy atom. The van der Waals surface area contributed by atoms with Crippen LogP contribution in [-0.2, 0) is 0 Å². The van der Waals surface area contributed by atoms with Gasteiger partial charge in [-0.1, -0.05) is 19.3 Å². The third kappa shape index (κ3) is 0.956. The van der Waals surface area contributed by atoms with Gasteiger partial charge in [-0.3, -0.25) is 5.43 Å². The lowest BCUT2D eigenvalue weighted by molar-refractivity contribution is 0.396. The fourth-order valence-electron chi connectivity index (χ4n) is 1.64. The van der Waals surface area contributed by atoms with Crippen LogP contribution in [0.4, 0.5) is 0 Å². The number of hydrazine groups is 1. The van der Waals surface area contributed by atoms with E-state index in [1.54, 1.807) is 0 Å². The summed E-state index contributed by atoms with van der Waals surface area (Å²) in [5.74, 6) is 0. The van der Waals surface area contributed by atoms with Crippen LogP contribution in [0.1, 0.15) is 25.7 Å². The maximum atomic E-state index is 4.20. The van der Waals surface area contributed by atoms with Crippen LogP contribution in [0.5, 0.6) is 0 Å². The van der Waals surface area contributed by atoms with Gasteiger partial charge in [0.2, 0.25) is 0 Å². The van der Waals surface area contributed by atoms with Gasteiger partial charge in [-0.15, -0.1) is 6.04 Å². The Balaban J connectivity index is 1.97. The van der Waals surface area contributed by atoms with Gasteiger partial charge in [0.25, 0.3) is 0 Å². The summed E-state index contributed by atoms with van der Waals surface area (Å²) in [6.07, 6.45) is 5.28. The zero-order chi connectivity index (χ0) is 6.10. The highest BCUT2D eigenvalue weighted by molar-refractivity contribution is 5.02. The number of fused-ring (bicyclic) bond motifs is 1. The summed E-state index contributed by atoms with van der Waals surface area (Å²) < 4.78 is 0. The summed E-state index contributed by atoms with van der Waals surface area (Å²) in [6.45, 7) is 0. The van der Waals surface area contributed by atoms with E-state index >= 15 is 0 Å². The fourth-order valence-corrected chi connectivity index (χ4v) is 1.64. The molecular weight excluding hydrogens is 114 g/mol. The number of hydrogen-bond donors (Lipinski definition) is 2. The maximum Gasteiger partial charge on any atom is 0.00455 e. The zero-order valence-corrected chi connectivity index (χ0v) is 5.43. The van der Waals surface area contributed by atoms with Gasteiger partial charge < -0.3 is 11.0 Å². The first-order chi connectivity index (χ1) is 4.47. The number of hydrogen-bond acceptors (Lipinski definition) is 2. The van der Waals surface area contributed by atoms with Crippen LogP contribution in [0.2, 0.25) is 0 Å². The molecule has 2 N–H and O–H groups in total. The molecule has 0 aromatic rings. The standard InChI is InChI=1S/C6H12N3/c1-2-4-6-5(3-1)7-9-8-6/h5-7,9H,1-4H2/q-1. The van der Waals surface area contributed by atoms with Gasteiger partial charge in [-0.2, -0.15) is 0 Å². The molecule has 1 saturated heterocycles. The second kappa shape index (κ2) is 2.25. The number of nitrogens with zero attached hydrogens (tertiary/aromatic N) is 1. The number of nitrogens with one attached hydrogen (secondary N) is 2. The van der Waals surface area contributed by atoms with E-state index < -0.39 is 0 Å². The molecule has 1 heterocycles. The summed E-state index contributed by atoms with van der Waals surface area (Å²) in [4.78, 5) is 0. The van der Waals surface area contributed by atoms with E-state index in [0.29, 0.717) is 12.1 Å². The molecule has 0 bridgehead atoms. The lowest BCUT2D eigenvalue weighted by Crippen LogP contribution is -2.35. The van der Waals surface area contributed by atoms with Crippen molar-refractivity contribution in [2.75, 3.05) is 0 Å². The highest BCUT2D eigenvalue weighted by Gasteiger charge is 2.20. The van der Waals surface area contributed by atoms with Crippen molar-refractivity contribution in [2.45, 2.75) is 37.8 Å². The first-order valence-corrected chi connectivity index (χ1v) is 3.67. The van der Waals surface area contributed by atoms with Crippen molar-refractivity contribution >= 4 is 0 Å². The molecule has 0 amide bonds. The van der Waals surface area contributed by atoms with Gasteiger partial charge in [0.15, 0.2) is 0 Å². The van der Waals surface area contributed by atoms with E-state index in [1.165, 1.54) is 25.7 Å². The molecule has 2 unspecified atom stereocenters. The summed E-state index contributed by atoms with van der Waals surface area (Å²) >= 11 is 0. The average Bonchev–Trinajstić information content (AvgIpc) is 2.33. The van der Waals surface area contributed by atoms with Crippen LogP contribution in [0.25, 0.3) is 5.43 Å². The largest absolute Gasteiger partial charge is 0.579 e. The van der Waals surface area contributed by atoms with E-state index in [9.17, 15) is 0 Å². The monoisotopic (exact) mass is 126 g/mol. The predicted octanol–water partition coefficient (Wildman–Crippen LogP) is 0.694. The molecule has 0 aromatic carbocycles. The van der Waals surface area contributed by atoms with Gasteiger partial charge >= 0.3 is 0 Å². The third-order valence-corrected chi connectivity index (χ3v) is 2.21. The Morgan fingerprint density at radius 3 is 3.00 bits per heavy atom. The second-order valence-corrected chi connectivity index (χ2v) is 2.84. The molecule has 1 aliphatic heterocycles. The molecule has 0 aromatic heterocycles. The number of rotatable bonds is 0. The highest BCUT2D eigenvalue weighted by atomic mass is 15.7. The lowest BCUT2D eigenvalue weighted by atomic mass is 9.92. The van der Waals surface area contributed by atoms with E-state index in [2.05, 4.69) is 16.4 Å². The highest BCUT2D eigenvalue weighted by Crippen LogP contribution is 2.25. The Labute approximate surface area is 55.1 Å². The van der Waals surface area contributed by atoms with Crippen LogP contribution < -0.4 is 11.0 Å². The molecule has 3 heteroatoms. The van der Waals surface area contributed by atoms with Crippen LogP contribution in [0.15, 0.2) is 0 Å². The van der Waals surface area contributed by atoms with E-state index in [1.807, 2.05) is 0 Å². The van der Waals surface area contributed by atoms with E-state index in [-0.39, 0.29) is 0 Å². The van der Waals surface area contributed by atoms with Crippen molar-refractivity contribution in [1.29, 1.82) is 0 Å². The van der Waals surface area contributed by atoms with Crippen molar-refractivity contribution in [3.05, 3.63) is 5.43 Å². The maximum absolute atomic E-state index is 4.20. The summed E-state index contributed by atoms with van der Waals surface area (Å²) in [6, 6.07) is 1.21. The molecule has 3 nitrogen and oxygen atoms in total. The quantitative estimate of drug-likeness (QED) is 0.501. The van der Waals surface area contributed by atoms with Gasteiger partial charge in [0.05, 0.1) is 0 Å². The van der Waals surface area contributed by atoms with Crippen molar-refractivity contribution in [3.63, 3.8) is 0 Å². The molecule has 2 fully saturated rings. The van der Waals surface area contributed by atoms with E-state index in [0.717, 1.165) is 0 Å². The van der Waals surface area contributed by atoms with Crippen LogP contribution in [0.3, 0.4) is 0 Å². The van der Waals surface area contributed by atoms with Gasteiger partial charge in [-0.25, -0.2) is 0 Å². The summed E-state index contributed by atoms with van der Waals surface area (Å²) in [5, 5.41) is 0. The predicted molar refractivity (Wildman–Crippen MR) is 35.7 cm³/mol. The Morgan fingerprint density at radius 1 is 1.22 bits per heavy atom. The molecule has 0 radical (unpaired) electrons. The topological polar surface area (TPSA) is 38.2 Å². The zero-order valence-electron chi connectivity index (χ0n) is 5.43. The average molecular weight is 126 g/mol. The van der Waals surface area contributed by atoms with Gasteiger partial charge in [-0.05, 0) is 6.42 Å². The molecule has 1 aliphatic carbocycles. The molecule has 1 saturated carbocycles. The van der Waals surface area contributed by atoms with Crippen LogP contribution >= 0.6 is 0 Å². The minimum absolute atomic E-state index is 0.568. The summed E-state index contributed by atoms with van der Waals surface area (Å²) in [7, 11) is 0. The normalized spacial score (nSPS) is 42.7. The van der Waals surface area contributed by atoms with Gasteiger partial charge in [0, 0.05) is 6.04 Å². The molecule has 2 rings (SSSR count). The second-order valence-electron chi connectivity index (χ2n) is 2.84. The van der Waals surface area contributed by atoms with Crippen LogP contribution in [-0.4, -0.2) is 12.1 Å². The van der Waals surface area contributed by atoms with Crippen molar-refractivity contribution in [1.82, 2.24) is 11.0 Å². The van der Waals surface area contributed by atoms with Crippen molar-refractivity contribution in [2.24, 2.45) is 0 Å². The smallest absolute Gasteiger partial charge is 0.00455 e. The molecule has 2 atom stereocenters. The molecular formula is C6H12N3-. The molecule has 9 heavy (non-hydrogen) atoms. The van der Waals surface area contributed by atoms with Crippen LogP contribution in [0, 0.1) is 0 Å². The Kier molecular flexibility index (Phi) is 1.41. The van der Waals surface area contributed by atoms with Crippen molar-refractivity contribution in [3.8, 4) is 0 Å². The fraction of sp³-hybridized carbons (Fsp3) is 1.00. The lowest BCUT2D eigenvalue weighted by Gasteiger charge is -2.30. The summed E-state index contributed by atoms with van der Waals surface area (Å²) in [5.41, 5.74) is 10.2. The first kappa shape index (κ1) is 5.65. The molecule has 0 spiro atoms. The third-order valence-electron chi connectivity index (χ3n) is 2.21.